The molecular formula is C26H22N4O4. The van der Waals surface area contributed by atoms with Gasteiger partial charge in [-0.15, -0.1) is 0 Å². The fraction of sp³-hybridized carbons (Fsp3) is 0.154. The minimum atomic E-state index is -0.648. The van der Waals surface area contributed by atoms with Gasteiger partial charge in [-0.2, -0.15) is 10.2 Å². The van der Waals surface area contributed by atoms with Crippen LogP contribution < -0.4 is 15.6 Å². The molecule has 8 nitrogen and oxygen atoms in total. The number of nitrogens with zero attached hydrogens (tertiary/aromatic N) is 3. The Balaban J connectivity index is 1.81. The molecule has 0 unspecified atom stereocenters. The molecule has 1 N–H and O–H groups in total. The Morgan fingerprint density at radius 1 is 1.21 bits per heavy atom. The van der Waals surface area contributed by atoms with Crippen LogP contribution in [0.2, 0.25) is 0 Å². The molecule has 1 aromatic carbocycles. The van der Waals surface area contributed by atoms with E-state index in [0.717, 1.165) is 16.7 Å². The number of aryl methyl sites for hydroxylation is 3. The number of nitriles is 1. The zero-order valence-electron chi connectivity index (χ0n) is 19.0. The lowest BCUT2D eigenvalue weighted by molar-refractivity contribution is -0.117. The van der Waals surface area contributed by atoms with Crippen LogP contribution in [0.1, 0.15) is 28.0 Å². The maximum atomic E-state index is 13.4. The summed E-state index contributed by atoms with van der Waals surface area (Å²) in [6.07, 6.45) is 4.28. The Kier molecular flexibility index (Phi) is 6.28. The van der Waals surface area contributed by atoms with Gasteiger partial charge in [0.2, 0.25) is 5.88 Å². The number of hydrogen-bond donors (Lipinski definition) is 1. The first-order chi connectivity index (χ1) is 16.4. The second kappa shape index (κ2) is 9.46. The van der Waals surface area contributed by atoms with Crippen molar-refractivity contribution in [3.63, 3.8) is 0 Å². The van der Waals surface area contributed by atoms with Crippen molar-refractivity contribution in [1.82, 2.24) is 14.7 Å². The lowest BCUT2D eigenvalue weighted by Gasteiger charge is -2.13. The van der Waals surface area contributed by atoms with E-state index in [0.29, 0.717) is 17.2 Å². The highest BCUT2D eigenvalue weighted by molar-refractivity contribution is 6.01. The first kappa shape index (κ1) is 22.6. The summed E-state index contributed by atoms with van der Waals surface area (Å²) in [4.78, 5) is 30.6. The molecule has 3 heterocycles. The van der Waals surface area contributed by atoms with E-state index in [-0.39, 0.29) is 23.6 Å². The molecule has 0 spiro atoms. The molecule has 0 saturated carbocycles. The zero-order valence-corrected chi connectivity index (χ0v) is 19.0. The fourth-order valence-corrected chi connectivity index (χ4v) is 3.48. The van der Waals surface area contributed by atoms with Crippen molar-refractivity contribution in [2.24, 2.45) is 0 Å². The van der Waals surface area contributed by atoms with E-state index >= 15 is 0 Å². The summed E-state index contributed by atoms with van der Waals surface area (Å²) in [6, 6.07) is 14.5. The van der Waals surface area contributed by atoms with E-state index in [2.05, 4.69) is 10.3 Å². The minimum absolute atomic E-state index is 0.00669. The third kappa shape index (κ3) is 4.59. The first-order valence-electron chi connectivity index (χ1n) is 10.6. The first-order valence-corrected chi connectivity index (χ1v) is 10.6. The van der Waals surface area contributed by atoms with Crippen LogP contribution in [0.5, 0.6) is 11.6 Å². The SMILES string of the molecule is Cc1ccc(Oc2nc3c(C)cccn3c(=O)c2/C=C(\C#N)C(=O)NCc2ccco2)c(C)c1. The van der Waals surface area contributed by atoms with Gasteiger partial charge in [-0.05, 0) is 62.2 Å². The van der Waals surface area contributed by atoms with Gasteiger partial charge in [0.1, 0.15) is 34.4 Å². The van der Waals surface area contributed by atoms with Gasteiger partial charge in [0, 0.05) is 6.20 Å². The summed E-state index contributed by atoms with van der Waals surface area (Å²) >= 11 is 0. The molecule has 0 radical (unpaired) electrons. The van der Waals surface area contributed by atoms with Crippen LogP contribution in [-0.2, 0) is 11.3 Å². The predicted molar refractivity (Wildman–Crippen MR) is 126 cm³/mol. The molecule has 0 fully saturated rings. The molecule has 0 bridgehead atoms. The average molecular weight is 454 g/mol. The number of fused-ring (bicyclic) bond motifs is 1. The van der Waals surface area contributed by atoms with Gasteiger partial charge in [0.05, 0.1) is 12.8 Å². The quantitative estimate of drug-likeness (QED) is 0.345. The molecule has 34 heavy (non-hydrogen) atoms. The van der Waals surface area contributed by atoms with Crippen molar-refractivity contribution in [2.45, 2.75) is 27.3 Å². The molecule has 3 aromatic heterocycles. The largest absolute Gasteiger partial charge is 0.467 e. The zero-order chi connectivity index (χ0) is 24.2. The topological polar surface area (TPSA) is 110 Å². The Morgan fingerprint density at radius 3 is 2.74 bits per heavy atom. The monoisotopic (exact) mass is 454 g/mol. The van der Waals surface area contributed by atoms with Crippen molar-refractivity contribution >= 4 is 17.6 Å². The van der Waals surface area contributed by atoms with E-state index < -0.39 is 11.5 Å². The Labute approximate surface area is 195 Å². The maximum Gasteiger partial charge on any atom is 0.269 e. The second-order valence-corrected chi connectivity index (χ2v) is 7.82. The van der Waals surface area contributed by atoms with Crippen LogP contribution in [0.3, 0.4) is 0 Å². The van der Waals surface area contributed by atoms with Gasteiger partial charge in [0.15, 0.2) is 0 Å². The molecule has 0 aliphatic heterocycles. The number of ether oxygens (including phenoxy) is 1. The van der Waals surface area contributed by atoms with E-state index in [1.165, 1.54) is 16.7 Å². The second-order valence-electron chi connectivity index (χ2n) is 7.82. The Morgan fingerprint density at radius 2 is 2.03 bits per heavy atom. The lowest BCUT2D eigenvalue weighted by Crippen LogP contribution is -2.25. The van der Waals surface area contributed by atoms with Crippen LogP contribution in [0.15, 0.2) is 69.7 Å². The van der Waals surface area contributed by atoms with Crippen LogP contribution in [-0.4, -0.2) is 15.3 Å². The third-order valence-corrected chi connectivity index (χ3v) is 5.24. The van der Waals surface area contributed by atoms with Crippen molar-refractivity contribution in [3.8, 4) is 17.7 Å². The van der Waals surface area contributed by atoms with Crippen molar-refractivity contribution in [2.75, 3.05) is 0 Å². The smallest absolute Gasteiger partial charge is 0.269 e. The molecule has 0 aliphatic carbocycles. The highest BCUT2D eigenvalue weighted by atomic mass is 16.5. The highest BCUT2D eigenvalue weighted by Gasteiger charge is 2.18. The number of amides is 1. The number of furan rings is 1. The molecule has 0 aliphatic rings. The maximum absolute atomic E-state index is 13.4. The lowest BCUT2D eigenvalue weighted by atomic mass is 10.1. The number of aromatic nitrogens is 2. The molecular weight excluding hydrogens is 432 g/mol. The van der Waals surface area contributed by atoms with Crippen LogP contribution >= 0.6 is 0 Å². The summed E-state index contributed by atoms with van der Waals surface area (Å²) in [5.41, 5.74) is 2.39. The molecule has 0 saturated heterocycles. The standard InChI is InChI=1S/C26H22N4O4/c1-16-8-9-22(18(3)12-16)34-25-21(26(32)30-10-4-6-17(2)23(30)29-25)13-19(14-27)24(31)28-15-20-7-5-11-33-20/h4-13H,15H2,1-3H3,(H,28,31)/b19-13+. The van der Waals surface area contributed by atoms with E-state index in [4.69, 9.17) is 9.15 Å². The number of carbonyl (C=O) groups is 1. The van der Waals surface area contributed by atoms with Gasteiger partial charge >= 0.3 is 0 Å². The average Bonchev–Trinajstić information content (AvgIpc) is 3.34. The van der Waals surface area contributed by atoms with Crippen molar-refractivity contribution in [3.05, 3.63) is 98.9 Å². The summed E-state index contributed by atoms with van der Waals surface area (Å²) in [6.45, 7) is 5.79. The molecule has 0 atom stereocenters. The van der Waals surface area contributed by atoms with Gasteiger partial charge in [-0.1, -0.05) is 23.8 Å². The molecule has 170 valence electrons. The normalized spacial score (nSPS) is 11.3. The summed E-state index contributed by atoms with van der Waals surface area (Å²) in [7, 11) is 0. The van der Waals surface area contributed by atoms with Gasteiger partial charge in [-0.3, -0.25) is 14.0 Å². The highest BCUT2D eigenvalue weighted by Crippen LogP contribution is 2.28. The summed E-state index contributed by atoms with van der Waals surface area (Å²) in [5, 5.41) is 12.3. The number of rotatable bonds is 6. The number of carbonyl (C=O) groups excluding carboxylic acids is 1. The minimum Gasteiger partial charge on any atom is -0.467 e. The third-order valence-electron chi connectivity index (χ3n) is 5.24. The van der Waals surface area contributed by atoms with E-state index in [9.17, 15) is 14.9 Å². The Bertz CT molecular complexity index is 1510. The summed E-state index contributed by atoms with van der Waals surface area (Å²) in [5.74, 6) is 0.418. The van der Waals surface area contributed by atoms with Crippen molar-refractivity contribution in [1.29, 1.82) is 5.26 Å². The van der Waals surface area contributed by atoms with Crippen LogP contribution in [0, 0.1) is 32.1 Å². The van der Waals surface area contributed by atoms with Crippen molar-refractivity contribution < 1.29 is 13.9 Å². The van der Waals surface area contributed by atoms with Crippen LogP contribution in [0.25, 0.3) is 11.7 Å². The summed E-state index contributed by atoms with van der Waals surface area (Å²) < 4.78 is 12.6. The van der Waals surface area contributed by atoms with Gasteiger partial charge < -0.3 is 14.5 Å². The van der Waals surface area contributed by atoms with Gasteiger partial charge in [-0.25, -0.2) is 0 Å². The predicted octanol–water partition coefficient (Wildman–Crippen LogP) is 4.23. The van der Waals surface area contributed by atoms with E-state index in [1.807, 2.05) is 45.0 Å². The van der Waals surface area contributed by atoms with E-state index in [1.54, 1.807) is 30.5 Å². The van der Waals surface area contributed by atoms with Gasteiger partial charge in [0.25, 0.3) is 11.5 Å². The number of nitrogens with one attached hydrogen (secondary N) is 1. The number of pyridine rings is 1. The Hall–Kier alpha value is -4.64. The molecule has 4 rings (SSSR count). The molecule has 1 amide bonds. The fourth-order valence-electron chi connectivity index (χ4n) is 3.48. The molecule has 8 heteroatoms. The number of hydrogen-bond acceptors (Lipinski definition) is 6. The molecule has 4 aromatic rings. The number of benzene rings is 1. The van der Waals surface area contributed by atoms with Crippen LogP contribution in [0.4, 0.5) is 0 Å².